The molecule has 0 saturated carbocycles. The second kappa shape index (κ2) is 14.8. The van der Waals surface area contributed by atoms with Crippen molar-refractivity contribution in [3.63, 3.8) is 0 Å². The van der Waals surface area contributed by atoms with E-state index in [9.17, 15) is 19.2 Å². The largest absolute Gasteiger partial charge is 0.464 e. The van der Waals surface area contributed by atoms with Gasteiger partial charge in [-0.15, -0.1) is 0 Å². The lowest BCUT2D eigenvalue weighted by atomic mass is 9.79. The average molecular weight is 597 g/mol. The van der Waals surface area contributed by atoms with E-state index in [0.717, 1.165) is 0 Å². The number of esters is 2. The molecule has 1 heterocycles. The second-order valence-electron chi connectivity index (χ2n) is 13.8. The summed E-state index contributed by atoms with van der Waals surface area (Å²) in [5.74, 6) is -1.58. The summed E-state index contributed by atoms with van der Waals surface area (Å²) >= 11 is 0. The molecule has 12 heteroatoms. The van der Waals surface area contributed by atoms with Crippen LogP contribution in [0.15, 0.2) is 4.99 Å². The highest BCUT2D eigenvalue weighted by atomic mass is 16.7. The predicted octanol–water partition coefficient (Wildman–Crippen LogP) is 5.58. The van der Waals surface area contributed by atoms with Crippen LogP contribution in [-0.4, -0.2) is 71.3 Å². The number of carbonyl (C=O) groups excluding carboxylic acids is 4. The van der Waals surface area contributed by atoms with Crippen molar-refractivity contribution in [2.24, 2.45) is 4.99 Å². The number of unbranched alkanes of at least 4 members (excludes halogenated alkanes) is 1. The third kappa shape index (κ3) is 12.8. The summed E-state index contributed by atoms with van der Waals surface area (Å²) in [5, 5.41) is 2.81. The van der Waals surface area contributed by atoms with E-state index in [1.165, 1.54) is 6.92 Å². The molecule has 1 rings (SSSR count). The Morgan fingerprint density at radius 3 is 1.88 bits per heavy atom. The van der Waals surface area contributed by atoms with Crippen LogP contribution in [0.2, 0.25) is 6.32 Å². The standard InChI is InChI=1S/C30H53BN2O9/c1-13-38-24(36)30(33-21(2)34,17-14-15-19-31-41-28(9,10)29(11,12)42-31)18-16-22(20-23(35)39-26(3,4)5)32-25(37)40-27(6,7)8/h13-20H2,1-12H3,(H,33,34). The van der Waals surface area contributed by atoms with E-state index in [1.54, 1.807) is 48.5 Å². The average Bonchev–Trinajstić information content (AvgIpc) is 2.97. The van der Waals surface area contributed by atoms with Crippen LogP contribution in [0.3, 0.4) is 0 Å². The smallest absolute Gasteiger partial charge is 0.457 e. The van der Waals surface area contributed by atoms with Crippen molar-refractivity contribution in [1.29, 1.82) is 0 Å². The van der Waals surface area contributed by atoms with Gasteiger partial charge in [-0.3, -0.25) is 9.59 Å². The molecule has 1 unspecified atom stereocenters. The van der Waals surface area contributed by atoms with E-state index in [2.05, 4.69) is 10.3 Å². The predicted molar refractivity (Wildman–Crippen MR) is 161 cm³/mol. The molecule has 0 aromatic rings. The normalized spacial score (nSPS) is 18.2. The summed E-state index contributed by atoms with van der Waals surface area (Å²) in [6, 6.07) is 0. The highest BCUT2D eigenvalue weighted by Gasteiger charge is 2.50. The lowest BCUT2D eigenvalue weighted by Crippen LogP contribution is -2.55. The first-order chi connectivity index (χ1) is 19.0. The molecule has 2 amide bonds. The summed E-state index contributed by atoms with van der Waals surface area (Å²) in [7, 11) is -0.380. The highest BCUT2D eigenvalue weighted by molar-refractivity contribution is 6.45. The van der Waals surface area contributed by atoms with Crippen LogP contribution in [0.5, 0.6) is 0 Å². The van der Waals surface area contributed by atoms with Gasteiger partial charge in [0.1, 0.15) is 16.7 Å². The summed E-state index contributed by atoms with van der Waals surface area (Å²) in [4.78, 5) is 54.9. The summed E-state index contributed by atoms with van der Waals surface area (Å²) < 4.78 is 28.3. The highest BCUT2D eigenvalue weighted by Crippen LogP contribution is 2.38. The van der Waals surface area contributed by atoms with Crippen LogP contribution in [-0.2, 0) is 37.9 Å². The SMILES string of the molecule is CCOC(=O)C(CCCCB1OC(C)(C)C(C)(C)O1)(CCC(CC(=O)OC(C)(C)C)=NC(=O)OC(C)(C)C)NC(C)=O. The summed E-state index contributed by atoms with van der Waals surface area (Å²) in [6.07, 6.45) is 1.03. The minimum Gasteiger partial charge on any atom is -0.464 e. The molecule has 1 atom stereocenters. The van der Waals surface area contributed by atoms with Gasteiger partial charge in [-0.2, -0.15) is 4.99 Å². The molecule has 0 bridgehead atoms. The molecule has 1 aliphatic heterocycles. The first kappa shape index (κ1) is 37.6. The number of nitrogens with one attached hydrogen (secondary N) is 1. The van der Waals surface area contributed by atoms with E-state index >= 15 is 0 Å². The molecule has 0 radical (unpaired) electrons. The van der Waals surface area contributed by atoms with E-state index in [0.29, 0.717) is 19.2 Å². The third-order valence-corrected chi connectivity index (χ3v) is 6.93. The Morgan fingerprint density at radius 1 is 0.857 bits per heavy atom. The number of nitrogens with zero attached hydrogens (tertiary/aromatic N) is 1. The second-order valence-corrected chi connectivity index (χ2v) is 13.8. The molecule has 0 aromatic heterocycles. The van der Waals surface area contributed by atoms with Crippen molar-refractivity contribution in [2.75, 3.05) is 6.61 Å². The zero-order chi connectivity index (χ0) is 32.6. The Morgan fingerprint density at radius 2 is 1.40 bits per heavy atom. The zero-order valence-electron chi connectivity index (χ0n) is 27.9. The van der Waals surface area contributed by atoms with Gasteiger partial charge in [0.05, 0.1) is 24.2 Å². The minimum atomic E-state index is -1.40. The number of hydrogen-bond acceptors (Lipinski definition) is 9. The van der Waals surface area contributed by atoms with Crippen LogP contribution >= 0.6 is 0 Å². The Balaban J connectivity index is 3.18. The maximum absolute atomic E-state index is 13.3. The molecule has 11 nitrogen and oxygen atoms in total. The van der Waals surface area contributed by atoms with Gasteiger partial charge < -0.3 is 28.8 Å². The van der Waals surface area contributed by atoms with Crippen LogP contribution < -0.4 is 5.32 Å². The van der Waals surface area contributed by atoms with Gasteiger partial charge >= 0.3 is 25.2 Å². The Bertz CT molecular complexity index is 980. The number of carbonyl (C=O) groups is 4. The van der Waals surface area contributed by atoms with Gasteiger partial charge in [-0.05, 0) is 102 Å². The Labute approximate surface area is 252 Å². The molecule has 1 N–H and O–H groups in total. The first-order valence-electron chi connectivity index (χ1n) is 14.8. The van der Waals surface area contributed by atoms with Crippen molar-refractivity contribution < 1.29 is 42.7 Å². The molecule has 0 aromatic carbocycles. The van der Waals surface area contributed by atoms with Gasteiger partial charge in [0, 0.05) is 12.6 Å². The quantitative estimate of drug-likeness (QED) is 0.0950. The fraction of sp³-hybridized carbons (Fsp3) is 0.833. The molecule has 1 fully saturated rings. The number of hydrogen-bond donors (Lipinski definition) is 1. The summed E-state index contributed by atoms with van der Waals surface area (Å²) in [5.41, 5.74) is -3.65. The van der Waals surface area contributed by atoms with Crippen LogP contribution in [0.1, 0.15) is 122 Å². The van der Waals surface area contributed by atoms with Crippen LogP contribution in [0.25, 0.3) is 0 Å². The molecule has 0 spiro atoms. The van der Waals surface area contributed by atoms with E-state index < -0.39 is 51.9 Å². The molecule has 1 saturated heterocycles. The Hall–Kier alpha value is -2.47. The maximum Gasteiger partial charge on any atom is 0.457 e. The van der Waals surface area contributed by atoms with E-state index in [-0.39, 0.29) is 45.1 Å². The lowest BCUT2D eigenvalue weighted by Gasteiger charge is -2.32. The number of ether oxygens (including phenoxy) is 3. The van der Waals surface area contributed by atoms with Crippen molar-refractivity contribution in [2.45, 2.75) is 156 Å². The number of amides is 2. The maximum atomic E-state index is 13.3. The first-order valence-corrected chi connectivity index (χ1v) is 14.8. The molecular weight excluding hydrogens is 543 g/mol. The number of rotatable bonds is 13. The Kier molecular flexibility index (Phi) is 13.2. The topological polar surface area (TPSA) is 139 Å². The minimum absolute atomic E-state index is 0.0365. The van der Waals surface area contributed by atoms with Gasteiger partial charge in [0.2, 0.25) is 5.91 Å². The molecule has 42 heavy (non-hydrogen) atoms. The molecule has 240 valence electrons. The van der Waals surface area contributed by atoms with Crippen molar-refractivity contribution in [1.82, 2.24) is 5.32 Å². The molecule has 0 aliphatic carbocycles. The van der Waals surface area contributed by atoms with Crippen LogP contribution in [0, 0.1) is 0 Å². The molecule has 1 aliphatic rings. The summed E-state index contributed by atoms with van der Waals surface area (Å²) in [6.45, 7) is 21.4. The van der Waals surface area contributed by atoms with Crippen molar-refractivity contribution >= 4 is 36.8 Å². The van der Waals surface area contributed by atoms with Gasteiger partial charge in [0.15, 0.2) is 0 Å². The fourth-order valence-electron chi connectivity index (χ4n) is 4.43. The number of aliphatic imine (C=N–C) groups is 1. The fourth-order valence-corrected chi connectivity index (χ4v) is 4.43. The monoisotopic (exact) mass is 596 g/mol. The third-order valence-electron chi connectivity index (χ3n) is 6.93. The molecular formula is C30H53BN2O9. The lowest BCUT2D eigenvalue weighted by molar-refractivity contribution is -0.154. The zero-order valence-corrected chi connectivity index (χ0v) is 27.9. The van der Waals surface area contributed by atoms with Crippen LogP contribution in [0.4, 0.5) is 4.79 Å². The van der Waals surface area contributed by atoms with Gasteiger partial charge in [0.25, 0.3) is 0 Å². The van der Waals surface area contributed by atoms with Gasteiger partial charge in [-0.25, -0.2) is 9.59 Å². The van der Waals surface area contributed by atoms with E-state index in [4.69, 9.17) is 23.5 Å². The van der Waals surface area contributed by atoms with Crippen molar-refractivity contribution in [3.05, 3.63) is 0 Å². The van der Waals surface area contributed by atoms with Gasteiger partial charge in [-0.1, -0.05) is 12.8 Å². The van der Waals surface area contributed by atoms with E-state index in [1.807, 2.05) is 27.7 Å². The van der Waals surface area contributed by atoms with Crippen molar-refractivity contribution in [3.8, 4) is 0 Å².